The lowest BCUT2D eigenvalue weighted by Crippen LogP contribution is -2.38. The Labute approximate surface area is 189 Å². The zero-order valence-electron chi connectivity index (χ0n) is 16.1. The number of halogens is 4. The summed E-state index contributed by atoms with van der Waals surface area (Å²) in [6.45, 7) is 0. The molecular weight excluding hydrogens is 475 g/mol. The van der Waals surface area contributed by atoms with E-state index in [-0.39, 0.29) is 33.7 Å². The van der Waals surface area contributed by atoms with E-state index >= 15 is 0 Å². The zero-order valence-corrected chi connectivity index (χ0v) is 18.5. The second kappa shape index (κ2) is 10.5. The van der Waals surface area contributed by atoms with E-state index in [0.29, 0.717) is 4.34 Å². The van der Waals surface area contributed by atoms with Gasteiger partial charge in [0.25, 0.3) is 0 Å². The molecule has 1 aliphatic rings. The number of carbonyl (C=O) groups is 2. The fraction of sp³-hybridized carbons (Fsp3) is 0.444. The number of alkyl halides is 3. The average Bonchev–Trinajstić information content (AvgIpc) is 3.15. The van der Waals surface area contributed by atoms with Gasteiger partial charge in [-0.3, -0.25) is 10.1 Å². The molecule has 0 atom stereocenters. The van der Waals surface area contributed by atoms with E-state index in [1.165, 1.54) is 6.42 Å². The Morgan fingerprint density at radius 2 is 1.90 bits per heavy atom. The predicted octanol–water partition coefficient (Wildman–Crippen LogP) is 5.40. The molecule has 3 amide bonds. The molecule has 3 rings (SSSR count). The van der Waals surface area contributed by atoms with Crippen LogP contribution in [0.3, 0.4) is 0 Å². The minimum atomic E-state index is -4.54. The number of hydrogen-bond donors (Lipinski definition) is 3. The summed E-state index contributed by atoms with van der Waals surface area (Å²) in [6.07, 6.45) is 0.740. The highest BCUT2D eigenvalue weighted by atomic mass is 35.5. The third-order valence-electron chi connectivity index (χ3n) is 4.46. The number of thioether (sulfide) groups is 1. The molecule has 1 aliphatic carbocycles. The second-order valence-electron chi connectivity index (χ2n) is 6.84. The number of urea groups is 1. The van der Waals surface area contributed by atoms with E-state index in [2.05, 4.69) is 26.1 Å². The number of nitrogens with zero attached hydrogens (tertiary/aromatic N) is 2. The topological polar surface area (TPSA) is 96.0 Å². The van der Waals surface area contributed by atoms with Crippen molar-refractivity contribution in [3.05, 3.63) is 28.8 Å². The number of nitrogens with one attached hydrogen (secondary N) is 3. The number of anilines is 2. The smallest absolute Gasteiger partial charge is 0.335 e. The zero-order chi connectivity index (χ0) is 22.4. The van der Waals surface area contributed by atoms with E-state index in [9.17, 15) is 22.8 Å². The Morgan fingerprint density at radius 3 is 2.61 bits per heavy atom. The lowest BCUT2D eigenvalue weighted by atomic mass is 9.96. The van der Waals surface area contributed by atoms with Gasteiger partial charge in [0.2, 0.25) is 11.0 Å². The summed E-state index contributed by atoms with van der Waals surface area (Å²) in [7, 11) is 0. The first-order valence-corrected chi connectivity index (χ1v) is 11.6. The van der Waals surface area contributed by atoms with E-state index in [0.717, 1.165) is 67.0 Å². The van der Waals surface area contributed by atoms with Crippen molar-refractivity contribution in [3.63, 3.8) is 0 Å². The van der Waals surface area contributed by atoms with Crippen molar-refractivity contribution in [2.45, 2.75) is 48.7 Å². The summed E-state index contributed by atoms with van der Waals surface area (Å²) in [5, 5.41) is 15.9. The fourth-order valence-corrected chi connectivity index (χ4v) is 4.71. The molecule has 0 unspecified atom stereocenters. The molecule has 168 valence electrons. The van der Waals surface area contributed by atoms with E-state index in [1.54, 1.807) is 0 Å². The highest BCUT2D eigenvalue weighted by molar-refractivity contribution is 8.01. The Balaban J connectivity index is 1.48. The molecule has 1 saturated carbocycles. The molecule has 0 spiro atoms. The molecule has 2 aromatic rings. The highest BCUT2D eigenvalue weighted by Crippen LogP contribution is 2.34. The Morgan fingerprint density at radius 1 is 1.16 bits per heavy atom. The fourth-order valence-electron chi connectivity index (χ4n) is 3.00. The van der Waals surface area contributed by atoms with Gasteiger partial charge in [-0.15, -0.1) is 10.2 Å². The number of rotatable bonds is 6. The van der Waals surface area contributed by atoms with Gasteiger partial charge in [0.1, 0.15) is 0 Å². The number of aromatic nitrogens is 2. The van der Waals surface area contributed by atoms with Crippen molar-refractivity contribution in [2.75, 3.05) is 16.4 Å². The standard InChI is InChI=1S/C18H19ClF3N5O2S2/c19-12-7-6-10(18(20,21)22)8-13(12)24-14(28)9-30-17-27-26-16(31-17)25-15(29)23-11-4-2-1-3-5-11/h6-8,11H,1-5,9H2,(H,24,28)(H2,23,25,26,29). The van der Waals surface area contributed by atoms with Crippen LogP contribution >= 0.6 is 34.7 Å². The second-order valence-corrected chi connectivity index (χ2v) is 9.44. The molecule has 0 radical (unpaired) electrons. The molecule has 1 heterocycles. The quantitative estimate of drug-likeness (QED) is 0.370. The molecule has 0 aliphatic heterocycles. The van der Waals surface area contributed by atoms with Gasteiger partial charge >= 0.3 is 12.2 Å². The third kappa shape index (κ3) is 7.25. The van der Waals surface area contributed by atoms with Crippen LogP contribution in [0.25, 0.3) is 0 Å². The highest BCUT2D eigenvalue weighted by Gasteiger charge is 2.31. The Hall–Kier alpha value is -2.05. The van der Waals surface area contributed by atoms with Crippen LogP contribution in [0.5, 0.6) is 0 Å². The van der Waals surface area contributed by atoms with Gasteiger partial charge in [0.15, 0.2) is 4.34 Å². The molecule has 31 heavy (non-hydrogen) atoms. The number of amides is 3. The normalized spacial score (nSPS) is 14.8. The maximum atomic E-state index is 12.8. The molecule has 1 aromatic carbocycles. The predicted molar refractivity (Wildman–Crippen MR) is 115 cm³/mol. The van der Waals surface area contributed by atoms with Gasteiger partial charge in [-0.2, -0.15) is 13.2 Å². The van der Waals surface area contributed by atoms with E-state index in [4.69, 9.17) is 11.6 Å². The number of carbonyl (C=O) groups excluding carboxylic acids is 2. The summed E-state index contributed by atoms with van der Waals surface area (Å²) in [6, 6.07) is 2.50. The summed E-state index contributed by atoms with van der Waals surface area (Å²) in [5.41, 5.74) is -1.03. The van der Waals surface area contributed by atoms with Crippen LogP contribution < -0.4 is 16.0 Å². The van der Waals surface area contributed by atoms with Crippen LogP contribution in [-0.2, 0) is 11.0 Å². The van der Waals surface area contributed by atoms with E-state index in [1.807, 2.05) is 0 Å². The molecule has 3 N–H and O–H groups in total. The maximum Gasteiger partial charge on any atom is 0.416 e. The minimum absolute atomic E-state index is 0.00210. The van der Waals surface area contributed by atoms with E-state index < -0.39 is 17.6 Å². The first-order valence-electron chi connectivity index (χ1n) is 9.41. The first kappa shape index (κ1) is 23.6. The molecule has 13 heteroatoms. The van der Waals surface area contributed by atoms with Crippen molar-refractivity contribution < 1.29 is 22.8 Å². The largest absolute Gasteiger partial charge is 0.416 e. The molecule has 0 saturated heterocycles. The van der Waals surface area contributed by atoms with Gasteiger partial charge in [-0.1, -0.05) is 54.0 Å². The minimum Gasteiger partial charge on any atom is -0.335 e. The van der Waals surface area contributed by atoms with Gasteiger partial charge in [-0.05, 0) is 31.0 Å². The maximum absolute atomic E-state index is 12.8. The summed E-state index contributed by atoms with van der Waals surface area (Å²) >= 11 is 8.01. The van der Waals surface area contributed by atoms with Crippen molar-refractivity contribution in [2.24, 2.45) is 0 Å². The SMILES string of the molecule is O=C(CSc1nnc(NC(=O)NC2CCCCC2)s1)Nc1cc(C(F)(F)F)ccc1Cl. The van der Waals surface area contributed by atoms with Crippen molar-refractivity contribution in [3.8, 4) is 0 Å². The molecule has 0 bridgehead atoms. The monoisotopic (exact) mass is 493 g/mol. The van der Waals surface area contributed by atoms with Crippen LogP contribution in [0.1, 0.15) is 37.7 Å². The number of benzene rings is 1. The molecular formula is C18H19ClF3N5O2S2. The van der Waals surface area contributed by atoms with Crippen LogP contribution in [-0.4, -0.2) is 33.9 Å². The first-order chi connectivity index (χ1) is 14.7. The summed E-state index contributed by atoms with van der Waals surface area (Å²) < 4.78 is 38.9. The average molecular weight is 494 g/mol. The van der Waals surface area contributed by atoms with Crippen LogP contribution in [0.4, 0.5) is 28.8 Å². The van der Waals surface area contributed by atoms with Gasteiger partial charge in [-0.25, -0.2) is 4.79 Å². The van der Waals surface area contributed by atoms with Crippen molar-refractivity contribution in [1.82, 2.24) is 15.5 Å². The Bertz CT molecular complexity index is 935. The van der Waals surface area contributed by atoms with Crippen LogP contribution in [0, 0.1) is 0 Å². The summed E-state index contributed by atoms with van der Waals surface area (Å²) in [4.78, 5) is 24.2. The van der Waals surface area contributed by atoms with Crippen LogP contribution in [0.15, 0.2) is 22.5 Å². The van der Waals surface area contributed by atoms with Gasteiger partial charge in [0, 0.05) is 6.04 Å². The number of hydrogen-bond acceptors (Lipinski definition) is 6. The molecule has 1 aromatic heterocycles. The summed E-state index contributed by atoms with van der Waals surface area (Å²) in [5.74, 6) is -0.666. The molecule has 7 nitrogen and oxygen atoms in total. The molecule has 1 fully saturated rings. The third-order valence-corrected chi connectivity index (χ3v) is 6.76. The Kier molecular flexibility index (Phi) is 8.00. The lowest BCUT2D eigenvalue weighted by Gasteiger charge is -2.22. The lowest BCUT2D eigenvalue weighted by molar-refractivity contribution is -0.137. The van der Waals surface area contributed by atoms with Gasteiger partial charge < -0.3 is 10.6 Å². The van der Waals surface area contributed by atoms with Crippen molar-refractivity contribution in [1.29, 1.82) is 0 Å². The van der Waals surface area contributed by atoms with Crippen LogP contribution in [0.2, 0.25) is 5.02 Å². The van der Waals surface area contributed by atoms with Gasteiger partial charge in [0.05, 0.1) is 22.0 Å². The van der Waals surface area contributed by atoms with Crippen molar-refractivity contribution >= 4 is 57.5 Å².